The first-order valence-electron chi connectivity index (χ1n) is 12.2. The number of esters is 1. The van der Waals surface area contributed by atoms with E-state index >= 15 is 0 Å². The molecule has 1 heterocycles. The number of pyridine rings is 1. The monoisotopic (exact) mass is 545 g/mol. The average Bonchev–Trinajstić information content (AvgIpc) is 2.89. The number of benzene rings is 1. The quantitative estimate of drug-likeness (QED) is 0.438. The van der Waals surface area contributed by atoms with E-state index in [-0.39, 0.29) is 40.1 Å². The number of carbonyl (C=O) groups is 3. The van der Waals surface area contributed by atoms with E-state index in [0.29, 0.717) is 24.9 Å². The summed E-state index contributed by atoms with van der Waals surface area (Å²) in [6.07, 6.45) is 7.79. The molecule has 2 aliphatic rings. The Hall–Kier alpha value is -2.94. The molecule has 0 unspecified atom stereocenters. The van der Waals surface area contributed by atoms with Crippen LogP contribution in [0.25, 0.3) is 0 Å². The molecule has 1 atom stereocenters. The Balaban J connectivity index is 1.44. The number of ether oxygens (including phenoxy) is 2. The summed E-state index contributed by atoms with van der Waals surface area (Å²) < 4.78 is 10.8. The van der Waals surface area contributed by atoms with Crippen LogP contribution in [0.4, 0.5) is 5.69 Å². The van der Waals surface area contributed by atoms with Crippen LogP contribution in [0.15, 0.2) is 48.4 Å². The zero-order chi connectivity index (χ0) is 26.6. The lowest BCUT2D eigenvalue weighted by molar-refractivity contribution is -0.146. The number of amides is 1. The van der Waals surface area contributed by atoms with Crippen molar-refractivity contribution in [3.05, 3.63) is 69.6 Å². The van der Waals surface area contributed by atoms with Crippen molar-refractivity contribution >= 4 is 46.5 Å². The van der Waals surface area contributed by atoms with E-state index in [9.17, 15) is 14.4 Å². The predicted molar refractivity (Wildman–Crippen MR) is 141 cm³/mol. The van der Waals surface area contributed by atoms with E-state index in [2.05, 4.69) is 15.6 Å². The van der Waals surface area contributed by atoms with Crippen molar-refractivity contribution in [2.24, 2.45) is 5.41 Å². The second-order valence-electron chi connectivity index (χ2n) is 9.22. The van der Waals surface area contributed by atoms with Crippen LogP contribution in [-0.2, 0) is 25.5 Å². The number of aromatic nitrogens is 1. The van der Waals surface area contributed by atoms with E-state index in [4.69, 9.17) is 32.7 Å². The molecule has 0 aliphatic heterocycles. The van der Waals surface area contributed by atoms with Gasteiger partial charge >= 0.3 is 5.97 Å². The van der Waals surface area contributed by atoms with Gasteiger partial charge in [0.15, 0.2) is 5.78 Å². The van der Waals surface area contributed by atoms with Crippen LogP contribution in [-0.4, -0.2) is 48.5 Å². The van der Waals surface area contributed by atoms with Gasteiger partial charge in [0.2, 0.25) is 0 Å². The first-order valence-corrected chi connectivity index (χ1v) is 12.9. The summed E-state index contributed by atoms with van der Waals surface area (Å²) in [5.74, 6) is -0.740. The minimum absolute atomic E-state index is 0.0988. The Morgan fingerprint density at radius 2 is 1.78 bits per heavy atom. The lowest BCUT2D eigenvalue weighted by Gasteiger charge is -2.45. The molecule has 4 rings (SSSR count). The maximum atomic E-state index is 12.8. The Labute approximate surface area is 225 Å². The van der Waals surface area contributed by atoms with E-state index in [0.717, 1.165) is 24.1 Å². The van der Waals surface area contributed by atoms with Crippen LogP contribution in [0.3, 0.4) is 0 Å². The zero-order valence-corrected chi connectivity index (χ0v) is 22.2. The summed E-state index contributed by atoms with van der Waals surface area (Å²) in [4.78, 5) is 41.9. The number of rotatable bonds is 9. The summed E-state index contributed by atoms with van der Waals surface area (Å²) in [5.41, 5.74) is 1.76. The van der Waals surface area contributed by atoms with Gasteiger partial charge in [-0.05, 0) is 50.3 Å². The molecule has 196 valence electrons. The maximum absolute atomic E-state index is 12.8. The van der Waals surface area contributed by atoms with Crippen molar-refractivity contribution in [1.29, 1.82) is 0 Å². The first kappa shape index (κ1) is 27.1. The van der Waals surface area contributed by atoms with Crippen molar-refractivity contribution < 1.29 is 23.9 Å². The molecular formula is C27H29Cl2N3O5. The largest absolute Gasteiger partial charge is 0.464 e. The topological polar surface area (TPSA) is 107 Å². The summed E-state index contributed by atoms with van der Waals surface area (Å²) in [5, 5.41) is 6.39. The Morgan fingerprint density at radius 3 is 2.35 bits per heavy atom. The molecule has 1 aromatic heterocycles. The molecule has 0 bridgehead atoms. The van der Waals surface area contributed by atoms with Gasteiger partial charge < -0.3 is 20.1 Å². The second kappa shape index (κ2) is 11.6. The molecule has 2 aliphatic carbocycles. The zero-order valence-electron chi connectivity index (χ0n) is 20.7. The fourth-order valence-corrected chi connectivity index (χ4v) is 5.42. The van der Waals surface area contributed by atoms with Crippen LogP contribution in [0.5, 0.6) is 0 Å². The number of carbonyl (C=O) groups excluding carboxylic acids is 3. The SMILES string of the molecule is CCOC(=O)[C@H](Cc1ccc(NC(=O)c2c(Cl)cncc2Cl)cc1)NC1=CC(=O)C12CCC(OC)CC2. The third-order valence-electron chi connectivity index (χ3n) is 7.02. The predicted octanol–water partition coefficient (Wildman–Crippen LogP) is 4.75. The van der Waals surface area contributed by atoms with Crippen LogP contribution < -0.4 is 10.6 Å². The minimum Gasteiger partial charge on any atom is -0.464 e. The molecule has 2 N–H and O–H groups in total. The Morgan fingerprint density at radius 1 is 1.14 bits per heavy atom. The van der Waals surface area contributed by atoms with E-state index < -0.39 is 17.4 Å². The van der Waals surface area contributed by atoms with Crippen molar-refractivity contribution in [1.82, 2.24) is 10.3 Å². The van der Waals surface area contributed by atoms with Gasteiger partial charge in [0.25, 0.3) is 5.91 Å². The molecule has 10 heteroatoms. The number of hydrogen-bond donors (Lipinski definition) is 2. The normalized spacial score (nSPS) is 21.6. The fraction of sp³-hybridized carbons (Fsp3) is 0.407. The molecule has 0 saturated heterocycles. The molecule has 1 saturated carbocycles. The molecule has 1 fully saturated rings. The highest BCUT2D eigenvalue weighted by Crippen LogP contribution is 2.48. The van der Waals surface area contributed by atoms with Gasteiger partial charge in [0, 0.05) is 43.4 Å². The summed E-state index contributed by atoms with van der Waals surface area (Å²) in [7, 11) is 1.69. The average molecular weight is 546 g/mol. The van der Waals surface area contributed by atoms with Crippen molar-refractivity contribution in [2.45, 2.75) is 51.2 Å². The highest BCUT2D eigenvalue weighted by molar-refractivity contribution is 6.40. The Kier molecular flexibility index (Phi) is 8.52. The van der Waals surface area contributed by atoms with Gasteiger partial charge in [-0.15, -0.1) is 0 Å². The lowest BCUT2D eigenvalue weighted by atomic mass is 9.62. The first-order chi connectivity index (χ1) is 17.8. The number of allylic oxidation sites excluding steroid dienone is 2. The molecule has 1 amide bonds. The van der Waals surface area contributed by atoms with Gasteiger partial charge in [-0.1, -0.05) is 35.3 Å². The number of hydrogen-bond acceptors (Lipinski definition) is 7. The summed E-state index contributed by atoms with van der Waals surface area (Å²) >= 11 is 12.1. The van der Waals surface area contributed by atoms with Gasteiger partial charge in [0.05, 0.1) is 33.7 Å². The van der Waals surface area contributed by atoms with Crippen molar-refractivity contribution in [3.63, 3.8) is 0 Å². The number of nitrogens with one attached hydrogen (secondary N) is 2. The van der Waals surface area contributed by atoms with Crippen LogP contribution in [0, 0.1) is 5.41 Å². The van der Waals surface area contributed by atoms with Gasteiger partial charge in [-0.25, -0.2) is 4.79 Å². The lowest BCUT2D eigenvalue weighted by Crippen LogP contribution is -2.53. The van der Waals surface area contributed by atoms with E-state index in [1.165, 1.54) is 12.4 Å². The van der Waals surface area contributed by atoms with Crippen molar-refractivity contribution in [3.8, 4) is 0 Å². The summed E-state index contributed by atoms with van der Waals surface area (Å²) in [6.45, 7) is 2.01. The number of nitrogens with zero attached hydrogens (tertiary/aromatic N) is 1. The number of anilines is 1. The number of ketones is 1. The van der Waals surface area contributed by atoms with Gasteiger partial charge in [-0.2, -0.15) is 0 Å². The van der Waals surface area contributed by atoms with Crippen LogP contribution in [0.1, 0.15) is 48.5 Å². The fourth-order valence-electron chi connectivity index (χ4n) is 4.88. The van der Waals surface area contributed by atoms with Crippen LogP contribution >= 0.6 is 23.2 Å². The van der Waals surface area contributed by atoms with Crippen LogP contribution in [0.2, 0.25) is 10.0 Å². The molecule has 1 aromatic carbocycles. The van der Waals surface area contributed by atoms with Crippen molar-refractivity contribution in [2.75, 3.05) is 19.0 Å². The number of halogens is 2. The minimum atomic E-state index is -0.661. The standard InChI is InChI=1S/C27H29Cl2N3O5/c1-3-37-26(35)21(32-22-13-23(33)27(22)10-8-18(36-2)9-11-27)12-16-4-6-17(7-5-16)31-25(34)24-19(28)14-30-15-20(24)29/h4-7,13-15,18,21,32H,3,8-12H2,1-2H3,(H,31,34)/t18?,21-,27?/m0/s1. The molecule has 37 heavy (non-hydrogen) atoms. The summed E-state index contributed by atoms with van der Waals surface area (Å²) in [6, 6.07) is 6.44. The highest BCUT2D eigenvalue weighted by Gasteiger charge is 2.50. The Bertz CT molecular complexity index is 1190. The third-order valence-corrected chi connectivity index (χ3v) is 7.59. The second-order valence-corrected chi connectivity index (χ2v) is 10.0. The smallest absolute Gasteiger partial charge is 0.328 e. The van der Waals surface area contributed by atoms with E-state index in [1.54, 1.807) is 32.2 Å². The third kappa shape index (κ3) is 5.81. The maximum Gasteiger partial charge on any atom is 0.328 e. The molecule has 0 radical (unpaired) electrons. The highest BCUT2D eigenvalue weighted by atomic mass is 35.5. The molecule has 8 nitrogen and oxygen atoms in total. The van der Waals surface area contributed by atoms with Gasteiger partial charge in [-0.3, -0.25) is 14.6 Å². The van der Waals surface area contributed by atoms with E-state index in [1.807, 2.05) is 12.1 Å². The molecule has 2 aromatic rings. The molecular weight excluding hydrogens is 517 g/mol. The van der Waals surface area contributed by atoms with Gasteiger partial charge in [0.1, 0.15) is 6.04 Å². The number of methoxy groups -OCH3 is 1. The molecule has 1 spiro atoms.